The van der Waals surface area contributed by atoms with Gasteiger partial charge in [0.2, 0.25) is 0 Å². The van der Waals surface area contributed by atoms with Crippen LogP contribution in [0.25, 0.3) is 0 Å². The first kappa shape index (κ1) is 23.3. The van der Waals surface area contributed by atoms with E-state index in [-0.39, 0.29) is 21.7 Å². The lowest BCUT2D eigenvalue weighted by molar-refractivity contribution is 0.222. The molecule has 0 heteroatoms. The molecule has 0 radical (unpaired) electrons. The van der Waals surface area contributed by atoms with E-state index in [1.165, 1.54) is 27.8 Å². The van der Waals surface area contributed by atoms with Crippen molar-refractivity contribution in [1.82, 2.24) is 0 Å². The fourth-order valence-corrected chi connectivity index (χ4v) is 4.68. The fourth-order valence-electron chi connectivity index (χ4n) is 4.68. The molecule has 0 saturated heterocycles. The van der Waals surface area contributed by atoms with E-state index >= 15 is 0 Å². The highest BCUT2D eigenvalue weighted by Crippen LogP contribution is 2.49. The van der Waals surface area contributed by atoms with Crippen molar-refractivity contribution in [2.45, 2.75) is 78.6 Å². The Kier molecular flexibility index (Phi) is 6.00. The number of hydrogen-bond donors (Lipinski definition) is 0. The summed E-state index contributed by atoms with van der Waals surface area (Å²) in [4.78, 5) is 0. The molecule has 3 aromatic carbocycles. The van der Waals surface area contributed by atoms with Crippen LogP contribution in [0.5, 0.6) is 0 Å². The van der Waals surface area contributed by atoms with Crippen LogP contribution in [0.15, 0.2) is 78.9 Å². The van der Waals surface area contributed by atoms with Crippen molar-refractivity contribution in [2.75, 3.05) is 0 Å². The average molecular weight is 413 g/mol. The molecule has 0 aliphatic rings. The van der Waals surface area contributed by atoms with Crippen molar-refractivity contribution < 1.29 is 0 Å². The largest absolute Gasteiger partial charge is 0.0622 e. The molecule has 0 aliphatic heterocycles. The molecule has 0 bridgehead atoms. The van der Waals surface area contributed by atoms with Gasteiger partial charge in [-0.15, -0.1) is 0 Å². The van der Waals surface area contributed by atoms with Gasteiger partial charge in [-0.25, -0.2) is 0 Å². The van der Waals surface area contributed by atoms with E-state index in [4.69, 9.17) is 0 Å². The normalized spacial score (nSPS) is 13.3. The molecule has 0 heterocycles. The quantitative estimate of drug-likeness (QED) is 0.393. The second-order valence-electron chi connectivity index (χ2n) is 11.6. The summed E-state index contributed by atoms with van der Waals surface area (Å²) in [6.07, 6.45) is 0. The van der Waals surface area contributed by atoms with Gasteiger partial charge in [0.1, 0.15) is 0 Å². The smallest absolute Gasteiger partial charge is 0.0152 e. The lowest BCUT2D eigenvalue weighted by Crippen LogP contribution is -2.39. The Balaban J connectivity index is 2.40. The summed E-state index contributed by atoms with van der Waals surface area (Å²) in [5.41, 5.74) is 6.96. The van der Waals surface area contributed by atoms with E-state index in [1.54, 1.807) is 0 Å². The lowest BCUT2D eigenvalue weighted by atomic mass is 9.59. The minimum Gasteiger partial charge on any atom is -0.0622 e. The molecule has 0 nitrogen and oxygen atoms in total. The van der Waals surface area contributed by atoms with Crippen LogP contribution in [0.1, 0.15) is 90.1 Å². The third-order valence-electron chi connectivity index (χ3n) is 7.90. The maximum atomic E-state index is 2.41. The molecule has 0 saturated carbocycles. The molecule has 0 amide bonds. The second kappa shape index (κ2) is 7.97. The van der Waals surface area contributed by atoms with E-state index in [9.17, 15) is 0 Å². The van der Waals surface area contributed by atoms with Crippen LogP contribution in [0, 0.1) is 5.41 Å². The van der Waals surface area contributed by atoms with Gasteiger partial charge in [-0.2, -0.15) is 0 Å². The van der Waals surface area contributed by atoms with Crippen molar-refractivity contribution in [2.24, 2.45) is 5.41 Å². The predicted molar refractivity (Wildman–Crippen MR) is 136 cm³/mol. The van der Waals surface area contributed by atoms with Crippen LogP contribution in [0.4, 0.5) is 0 Å². The van der Waals surface area contributed by atoms with E-state index in [1.807, 2.05) is 0 Å². The second-order valence-corrected chi connectivity index (χ2v) is 11.6. The van der Waals surface area contributed by atoms with Crippen LogP contribution in [-0.2, 0) is 16.2 Å². The van der Waals surface area contributed by atoms with Gasteiger partial charge in [-0.1, -0.05) is 141 Å². The summed E-state index contributed by atoms with van der Waals surface area (Å²) in [7, 11) is 0. The Bertz CT molecular complexity index is 1010. The molecule has 0 aromatic heterocycles. The Morgan fingerprint density at radius 2 is 0.839 bits per heavy atom. The van der Waals surface area contributed by atoms with Crippen LogP contribution in [0.2, 0.25) is 0 Å². The molecule has 0 unspecified atom stereocenters. The maximum Gasteiger partial charge on any atom is 0.0152 e. The first-order valence-electron chi connectivity index (χ1n) is 11.6. The van der Waals surface area contributed by atoms with Crippen molar-refractivity contribution in [1.29, 1.82) is 0 Å². The summed E-state index contributed by atoms with van der Waals surface area (Å²) < 4.78 is 0. The van der Waals surface area contributed by atoms with Gasteiger partial charge in [0.15, 0.2) is 0 Å². The van der Waals surface area contributed by atoms with Gasteiger partial charge >= 0.3 is 0 Å². The number of benzene rings is 3. The first-order valence-corrected chi connectivity index (χ1v) is 11.6. The summed E-state index contributed by atoms with van der Waals surface area (Å²) in [5, 5.41) is 0. The highest BCUT2D eigenvalue weighted by molar-refractivity contribution is 5.55. The van der Waals surface area contributed by atoms with E-state index in [0.29, 0.717) is 0 Å². The maximum absolute atomic E-state index is 2.41. The Morgan fingerprint density at radius 1 is 0.419 bits per heavy atom. The molecular weight excluding hydrogens is 372 g/mol. The Labute approximate surface area is 190 Å². The number of hydrogen-bond acceptors (Lipinski definition) is 0. The van der Waals surface area contributed by atoms with Crippen LogP contribution < -0.4 is 0 Å². The zero-order valence-electron chi connectivity index (χ0n) is 21.0. The first-order chi connectivity index (χ1) is 14.3. The zero-order valence-corrected chi connectivity index (χ0v) is 21.0. The minimum absolute atomic E-state index is 0.0111. The highest BCUT2D eigenvalue weighted by Gasteiger charge is 2.42. The van der Waals surface area contributed by atoms with Crippen LogP contribution in [-0.4, -0.2) is 0 Å². The molecule has 0 fully saturated rings. The van der Waals surface area contributed by atoms with Gasteiger partial charge < -0.3 is 0 Å². The molecule has 0 aliphatic carbocycles. The molecule has 3 rings (SSSR count). The van der Waals surface area contributed by atoms with Crippen molar-refractivity contribution in [3.8, 4) is 0 Å². The highest BCUT2D eigenvalue weighted by atomic mass is 14.5. The Hall–Kier alpha value is -2.34. The van der Waals surface area contributed by atoms with E-state index in [0.717, 1.165) is 0 Å². The third kappa shape index (κ3) is 4.10. The van der Waals surface area contributed by atoms with Crippen molar-refractivity contribution in [3.63, 3.8) is 0 Å². The summed E-state index contributed by atoms with van der Waals surface area (Å²) in [5.74, 6) is 0. The molecule has 0 atom stereocenters. The molecule has 0 spiro atoms. The Morgan fingerprint density at radius 3 is 1.29 bits per heavy atom. The van der Waals surface area contributed by atoms with Gasteiger partial charge in [0.05, 0.1) is 0 Å². The van der Waals surface area contributed by atoms with E-state index in [2.05, 4.69) is 141 Å². The predicted octanol–water partition coefficient (Wildman–Crippen LogP) is 8.66. The molecular formula is C31H40. The van der Waals surface area contributed by atoms with Gasteiger partial charge in [0, 0.05) is 10.8 Å². The topological polar surface area (TPSA) is 0 Å². The van der Waals surface area contributed by atoms with Crippen LogP contribution >= 0.6 is 0 Å². The van der Waals surface area contributed by atoms with Gasteiger partial charge in [0.25, 0.3) is 0 Å². The average Bonchev–Trinajstić information content (AvgIpc) is 2.73. The third-order valence-corrected chi connectivity index (χ3v) is 7.90. The standard InChI is InChI=1S/C31H40/c1-28(2,3)31(8,9)26-22-16-21-25(29(4,5)23-17-12-10-13-18-23)27(26)30(6,7)24-19-14-11-15-20-24/h10-22H,1-9H3. The van der Waals surface area contributed by atoms with Gasteiger partial charge in [-0.3, -0.25) is 0 Å². The lowest BCUT2D eigenvalue weighted by Gasteiger charge is -2.45. The summed E-state index contributed by atoms with van der Waals surface area (Å²) in [6.45, 7) is 21.4. The zero-order chi connectivity index (χ0) is 23.1. The molecule has 3 aromatic rings. The summed E-state index contributed by atoms with van der Waals surface area (Å²) in [6, 6.07) is 28.9. The summed E-state index contributed by atoms with van der Waals surface area (Å²) >= 11 is 0. The van der Waals surface area contributed by atoms with Crippen molar-refractivity contribution in [3.05, 3.63) is 107 Å². The minimum atomic E-state index is -0.123. The van der Waals surface area contributed by atoms with Crippen molar-refractivity contribution >= 4 is 0 Å². The molecule has 31 heavy (non-hydrogen) atoms. The SMILES string of the molecule is CC(C)(c1ccccc1)c1cccc(C(C)(C)C(C)(C)C)c1C(C)(C)c1ccccc1. The van der Waals surface area contributed by atoms with E-state index < -0.39 is 0 Å². The fraction of sp³-hybridized carbons (Fsp3) is 0.419. The number of rotatable bonds is 5. The van der Waals surface area contributed by atoms with Gasteiger partial charge in [-0.05, 0) is 38.6 Å². The molecule has 0 N–H and O–H groups in total. The van der Waals surface area contributed by atoms with Crippen LogP contribution in [0.3, 0.4) is 0 Å². The monoisotopic (exact) mass is 412 g/mol. The molecule has 164 valence electrons.